The molecule has 5 nitrogen and oxygen atoms in total. The summed E-state index contributed by atoms with van der Waals surface area (Å²) in [6.07, 6.45) is 3.51. The fraction of sp³-hybridized carbons (Fsp3) is 0.300. The zero-order chi connectivity index (χ0) is 11.4. The molecule has 6 heteroatoms. The molecular weight excluding hydrogens is 224 g/mol. The Morgan fingerprint density at radius 2 is 2.31 bits per heavy atom. The van der Waals surface area contributed by atoms with Crippen molar-refractivity contribution in [1.82, 2.24) is 15.0 Å². The Bertz CT molecular complexity index is 471. The van der Waals surface area contributed by atoms with Crippen LogP contribution in [0.5, 0.6) is 5.88 Å². The molecule has 2 heterocycles. The Morgan fingerprint density at radius 3 is 3.00 bits per heavy atom. The fourth-order valence-electron chi connectivity index (χ4n) is 1.18. The van der Waals surface area contributed by atoms with Crippen molar-refractivity contribution >= 4 is 17.3 Å². The smallest absolute Gasteiger partial charge is 0.226 e. The number of hydrogen-bond acceptors (Lipinski definition) is 6. The van der Waals surface area contributed by atoms with Crippen molar-refractivity contribution in [2.75, 3.05) is 12.4 Å². The second-order valence-electron chi connectivity index (χ2n) is 3.14. The van der Waals surface area contributed by atoms with Gasteiger partial charge in [0.2, 0.25) is 11.8 Å². The summed E-state index contributed by atoms with van der Waals surface area (Å²) < 4.78 is 5.01. The predicted molar refractivity (Wildman–Crippen MR) is 62.8 cm³/mol. The van der Waals surface area contributed by atoms with E-state index in [4.69, 9.17) is 4.74 Å². The molecule has 0 unspecified atom stereocenters. The number of methoxy groups -OCH3 is 1. The first-order chi connectivity index (χ1) is 7.78. The zero-order valence-electron chi connectivity index (χ0n) is 9.10. The van der Waals surface area contributed by atoms with Crippen molar-refractivity contribution in [3.05, 3.63) is 28.3 Å². The lowest BCUT2D eigenvalue weighted by Gasteiger charge is -2.03. The SMILES string of the molecule is COc1ccnc(NCc2ncc(C)s2)n1. The highest BCUT2D eigenvalue weighted by atomic mass is 32.1. The minimum atomic E-state index is 0.548. The fourth-order valence-corrected chi connectivity index (χ4v) is 1.91. The van der Waals surface area contributed by atoms with E-state index < -0.39 is 0 Å². The van der Waals surface area contributed by atoms with Gasteiger partial charge in [0.05, 0.1) is 13.7 Å². The van der Waals surface area contributed by atoms with E-state index in [2.05, 4.69) is 20.3 Å². The Kier molecular flexibility index (Phi) is 3.31. The van der Waals surface area contributed by atoms with Crippen molar-refractivity contribution in [2.45, 2.75) is 13.5 Å². The van der Waals surface area contributed by atoms with Gasteiger partial charge in [0.1, 0.15) is 5.01 Å². The maximum absolute atomic E-state index is 5.01. The highest BCUT2D eigenvalue weighted by Crippen LogP contribution is 2.13. The second-order valence-corrected chi connectivity index (χ2v) is 4.46. The summed E-state index contributed by atoms with van der Waals surface area (Å²) in [5, 5.41) is 4.11. The molecule has 1 N–H and O–H groups in total. The molecule has 0 spiro atoms. The summed E-state index contributed by atoms with van der Waals surface area (Å²) in [6, 6.07) is 1.71. The van der Waals surface area contributed by atoms with Gasteiger partial charge in [-0.3, -0.25) is 0 Å². The molecule has 0 fully saturated rings. The molecule has 0 atom stereocenters. The Morgan fingerprint density at radius 1 is 1.44 bits per heavy atom. The third-order valence-corrected chi connectivity index (χ3v) is 2.82. The first-order valence-electron chi connectivity index (χ1n) is 4.80. The Hall–Kier alpha value is -1.69. The standard InChI is InChI=1S/C10H12N4OS/c1-7-5-12-9(16-7)6-13-10-11-4-3-8(14-10)15-2/h3-5H,6H2,1-2H3,(H,11,13,14). The van der Waals surface area contributed by atoms with E-state index in [1.807, 2.05) is 13.1 Å². The number of thiazole rings is 1. The van der Waals surface area contributed by atoms with E-state index in [0.29, 0.717) is 18.4 Å². The van der Waals surface area contributed by atoms with Gasteiger partial charge in [-0.2, -0.15) is 4.98 Å². The van der Waals surface area contributed by atoms with Gasteiger partial charge in [-0.25, -0.2) is 9.97 Å². The van der Waals surface area contributed by atoms with Crippen LogP contribution in [-0.2, 0) is 6.54 Å². The van der Waals surface area contributed by atoms with Crippen molar-refractivity contribution in [2.24, 2.45) is 0 Å². The summed E-state index contributed by atoms with van der Waals surface area (Å²) >= 11 is 1.66. The zero-order valence-corrected chi connectivity index (χ0v) is 9.91. The largest absolute Gasteiger partial charge is 0.481 e. The summed E-state index contributed by atoms with van der Waals surface area (Å²) in [7, 11) is 1.58. The maximum Gasteiger partial charge on any atom is 0.226 e. The molecule has 2 rings (SSSR count). The minimum absolute atomic E-state index is 0.548. The summed E-state index contributed by atoms with van der Waals surface area (Å²) in [4.78, 5) is 13.7. The normalized spacial score (nSPS) is 10.1. The number of aryl methyl sites for hydroxylation is 1. The third-order valence-electron chi connectivity index (χ3n) is 1.91. The van der Waals surface area contributed by atoms with Crippen LogP contribution in [0.1, 0.15) is 9.88 Å². The quantitative estimate of drug-likeness (QED) is 0.878. The molecular formula is C10H12N4OS. The average Bonchev–Trinajstić information content (AvgIpc) is 2.73. The topological polar surface area (TPSA) is 59.9 Å². The highest BCUT2D eigenvalue weighted by molar-refractivity contribution is 7.11. The van der Waals surface area contributed by atoms with Crippen molar-refractivity contribution < 1.29 is 4.74 Å². The minimum Gasteiger partial charge on any atom is -0.481 e. The third kappa shape index (κ3) is 2.66. The van der Waals surface area contributed by atoms with Crippen LogP contribution in [0.3, 0.4) is 0 Å². The number of nitrogens with zero attached hydrogens (tertiary/aromatic N) is 3. The van der Waals surface area contributed by atoms with Gasteiger partial charge in [0.15, 0.2) is 0 Å². The molecule has 0 aliphatic rings. The number of aromatic nitrogens is 3. The summed E-state index contributed by atoms with van der Waals surface area (Å²) in [6.45, 7) is 2.66. The number of anilines is 1. The summed E-state index contributed by atoms with van der Waals surface area (Å²) in [5.74, 6) is 1.10. The lowest BCUT2D eigenvalue weighted by Crippen LogP contribution is -2.03. The molecule has 16 heavy (non-hydrogen) atoms. The van der Waals surface area contributed by atoms with Gasteiger partial charge < -0.3 is 10.1 Å². The maximum atomic E-state index is 5.01. The van der Waals surface area contributed by atoms with Crippen LogP contribution in [0, 0.1) is 6.92 Å². The van der Waals surface area contributed by atoms with Crippen molar-refractivity contribution in [1.29, 1.82) is 0 Å². The molecule has 2 aromatic heterocycles. The van der Waals surface area contributed by atoms with Crippen LogP contribution in [-0.4, -0.2) is 22.1 Å². The van der Waals surface area contributed by atoms with Crippen LogP contribution in [0.2, 0.25) is 0 Å². The Balaban J connectivity index is 1.99. The average molecular weight is 236 g/mol. The van der Waals surface area contributed by atoms with E-state index in [-0.39, 0.29) is 0 Å². The molecule has 0 aromatic carbocycles. The van der Waals surface area contributed by atoms with Crippen LogP contribution in [0.4, 0.5) is 5.95 Å². The molecule has 0 amide bonds. The molecule has 0 aliphatic heterocycles. The Labute approximate surface area is 97.5 Å². The van der Waals surface area contributed by atoms with Crippen LogP contribution in [0.25, 0.3) is 0 Å². The lowest BCUT2D eigenvalue weighted by atomic mass is 10.6. The highest BCUT2D eigenvalue weighted by Gasteiger charge is 2.01. The molecule has 0 radical (unpaired) electrons. The first kappa shape index (κ1) is 10.8. The van der Waals surface area contributed by atoms with Gasteiger partial charge in [-0.05, 0) is 6.92 Å². The molecule has 0 saturated heterocycles. The van der Waals surface area contributed by atoms with Gasteiger partial charge >= 0.3 is 0 Å². The van der Waals surface area contributed by atoms with Crippen LogP contribution in [0.15, 0.2) is 18.5 Å². The van der Waals surface area contributed by atoms with E-state index >= 15 is 0 Å². The van der Waals surface area contributed by atoms with Crippen molar-refractivity contribution in [3.8, 4) is 5.88 Å². The van der Waals surface area contributed by atoms with Gasteiger partial charge in [0, 0.05) is 23.3 Å². The van der Waals surface area contributed by atoms with E-state index in [0.717, 1.165) is 5.01 Å². The van der Waals surface area contributed by atoms with E-state index in [1.165, 1.54) is 4.88 Å². The molecule has 0 bridgehead atoms. The van der Waals surface area contributed by atoms with Crippen LogP contribution < -0.4 is 10.1 Å². The van der Waals surface area contributed by atoms with Gasteiger partial charge in [-0.1, -0.05) is 0 Å². The number of hydrogen-bond donors (Lipinski definition) is 1. The monoisotopic (exact) mass is 236 g/mol. The second kappa shape index (κ2) is 4.89. The predicted octanol–water partition coefficient (Wildman–Crippen LogP) is 1.86. The number of ether oxygens (including phenoxy) is 1. The molecule has 2 aromatic rings. The van der Waals surface area contributed by atoms with E-state index in [1.54, 1.807) is 30.7 Å². The molecule has 84 valence electrons. The van der Waals surface area contributed by atoms with Gasteiger partial charge in [-0.15, -0.1) is 11.3 Å². The number of nitrogens with one attached hydrogen (secondary N) is 1. The summed E-state index contributed by atoms with van der Waals surface area (Å²) in [5.41, 5.74) is 0. The first-order valence-corrected chi connectivity index (χ1v) is 5.62. The van der Waals surface area contributed by atoms with Crippen LogP contribution >= 0.6 is 11.3 Å². The lowest BCUT2D eigenvalue weighted by molar-refractivity contribution is 0.397. The van der Waals surface area contributed by atoms with Crippen molar-refractivity contribution in [3.63, 3.8) is 0 Å². The van der Waals surface area contributed by atoms with E-state index in [9.17, 15) is 0 Å². The molecule has 0 aliphatic carbocycles. The molecule has 0 saturated carbocycles. The van der Waals surface area contributed by atoms with Gasteiger partial charge in [0.25, 0.3) is 0 Å². The number of rotatable bonds is 4.